The Hall–Kier alpha value is -7.30. The van der Waals surface area contributed by atoms with Gasteiger partial charge in [-0.05, 0) is 90.6 Å². The van der Waals surface area contributed by atoms with E-state index in [1.165, 1.54) is 15.9 Å². The Balaban J connectivity index is 1.02. The quantitative estimate of drug-likeness (QED) is 0.118. The van der Waals surface area contributed by atoms with Gasteiger partial charge in [0, 0.05) is 28.1 Å². The van der Waals surface area contributed by atoms with Crippen molar-refractivity contribution in [2.75, 3.05) is 9.80 Å². The minimum atomic E-state index is -1.55. The number of allylic oxidation sites excluding steroid dienone is 2. The van der Waals surface area contributed by atoms with Crippen LogP contribution in [0.2, 0.25) is 5.02 Å². The number of carbonyl (C=O) groups excluding carboxylic acids is 4. The van der Waals surface area contributed by atoms with Crippen LogP contribution in [0.5, 0.6) is 11.5 Å². The zero-order valence-corrected chi connectivity index (χ0v) is 34.4. The SMILES string of the molecule is O=C1C2CC=C3C(CC4C(=O)N(c5cccc(Cl)c5)C(=O)C4(c4ccccc4)C3c3ccc(OCc4ccccc4)cc3O)C2C(=O)N1c1ccc(-c2nc3ccccc3o2)cc1. The van der Waals surface area contributed by atoms with Crippen LogP contribution in [0.1, 0.15) is 35.4 Å². The number of benzene rings is 6. The molecule has 0 spiro atoms. The molecule has 310 valence electrons. The predicted molar refractivity (Wildman–Crippen MR) is 237 cm³/mol. The highest BCUT2D eigenvalue weighted by Gasteiger charge is 2.70. The number of amides is 4. The van der Waals surface area contributed by atoms with Crippen LogP contribution in [0.15, 0.2) is 168 Å². The van der Waals surface area contributed by atoms with Crippen LogP contribution in [-0.2, 0) is 31.2 Å². The Morgan fingerprint density at radius 3 is 2.22 bits per heavy atom. The van der Waals surface area contributed by atoms with E-state index in [1.807, 2.05) is 91.0 Å². The van der Waals surface area contributed by atoms with Crippen molar-refractivity contribution >= 4 is 57.7 Å². The topological polar surface area (TPSA) is 130 Å². The van der Waals surface area contributed by atoms with Gasteiger partial charge in [-0.3, -0.25) is 24.1 Å². The van der Waals surface area contributed by atoms with Crippen molar-refractivity contribution in [3.8, 4) is 23.0 Å². The Morgan fingerprint density at radius 1 is 0.730 bits per heavy atom. The first-order valence-electron chi connectivity index (χ1n) is 20.9. The summed E-state index contributed by atoms with van der Waals surface area (Å²) in [5.74, 6) is -4.96. The molecule has 3 heterocycles. The molecule has 11 rings (SSSR count). The molecule has 2 aliphatic heterocycles. The molecular formula is C52H38ClN3O7. The Kier molecular flexibility index (Phi) is 9.17. The van der Waals surface area contributed by atoms with Crippen molar-refractivity contribution in [1.29, 1.82) is 0 Å². The maximum absolute atomic E-state index is 15.6. The molecule has 6 aromatic carbocycles. The van der Waals surface area contributed by atoms with Gasteiger partial charge in [0.05, 0.1) is 34.5 Å². The zero-order valence-electron chi connectivity index (χ0n) is 33.6. The number of ether oxygens (including phenoxy) is 1. The van der Waals surface area contributed by atoms with Gasteiger partial charge in [0.25, 0.3) is 0 Å². The van der Waals surface area contributed by atoms with E-state index in [1.54, 1.807) is 60.7 Å². The summed E-state index contributed by atoms with van der Waals surface area (Å²) >= 11 is 6.47. The van der Waals surface area contributed by atoms with Crippen molar-refractivity contribution in [2.45, 2.75) is 30.8 Å². The second kappa shape index (κ2) is 15.0. The highest BCUT2D eigenvalue weighted by molar-refractivity contribution is 6.32. The molecule has 11 heteroatoms. The summed E-state index contributed by atoms with van der Waals surface area (Å²) in [4.78, 5) is 67.3. The maximum atomic E-state index is 15.6. The van der Waals surface area contributed by atoms with E-state index >= 15 is 9.59 Å². The maximum Gasteiger partial charge on any atom is 0.246 e. The third-order valence-electron chi connectivity index (χ3n) is 13.4. The second-order valence-corrected chi connectivity index (χ2v) is 17.1. The first-order valence-corrected chi connectivity index (χ1v) is 21.3. The van der Waals surface area contributed by atoms with Crippen LogP contribution in [-0.4, -0.2) is 33.7 Å². The molecule has 1 aromatic heterocycles. The molecule has 6 unspecified atom stereocenters. The summed E-state index contributed by atoms with van der Waals surface area (Å²) in [6.07, 6.45) is 2.31. The molecule has 10 nitrogen and oxygen atoms in total. The van der Waals surface area contributed by atoms with Crippen LogP contribution in [0.4, 0.5) is 11.4 Å². The number of phenols is 1. The van der Waals surface area contributed by atoms with Crippen molar-refractivity contribution in [3.05, 3.63) is 185 Å². The molecule has 2 aliphatic carbocycles. The fraction of sp³-hybridized carbons (Fsp3) is 0.173. The number of aromatic nitrogens is 1. The Labute approximate surface area is 367 Å². The lowest BCUT2D eigenvalue weighted by molar-refractivity contribution is -0.127. The van der Waals surface area contributed by atoms with E-state index in [-0.39, 0.29) is 37.0 Å². The number of nitrogens with zero attached hydrogens (tertiary/aromatic N) is 3. The Bertz CT molecular complexity index is 2990. The summed E-state index contributed by atoms with van der Waals surface area (Å²) in [7, 11) is 0. The molecule has 4 amide bonds. The normalized spacial score (nSPS) is 24.0. The molecule has 4 aliphatic rings. The summed E-state index contributed by atoms with van der Waals surface area (Å²) in [5, 5.41) is 12.5. The molecule has 0 radical (unpaired) electrons. The number of oxazole rings is 1. The number of carbonyl (C=O) groups is 4. The van der Waals surface area contributed by atoms with Gasteiger partial charge in [0.2, 0.25) is 29.5 Å². The van der Waals surface area contributed by atoms with Gasteiger partial charge in [0.1, 0.15) is 23.6 Å². The highest BCUT2D eigenvalue weighted by Crippen LogP contribution is 2.65. The first-order chi connectivity index (χ1) is 30.7. The third-order valence-corrected chi connectivity index (χ3v) is 13.6. The van der Waals surface area contributed by atoms with Crippen LogP contribution >= 0.6 is 11.6 Å². The third kappa shape index (κ3) is 6.03. The van der Waals surface area contributed by atoms with Gasteiger partial charge in [-0.15, -0.1) is 0 Å². The average molecular weight is 852 g/mol. The summed E-state index contributed by atoms with van der Waals surface area (Å²) in [6, 6.07) is 45.0. The number of halogens is 1. The molecule has 1 saturated carbocycles. The second-order valence-electron chi connectivity index (χ2n) is 16.6. The van der Waals surface area contributed by atoms with E-state index in [0.717, 1.165) is 16.7 Å². The Morgan fingerprint density at radius 2 is 1.48 bits per heavy atom. The van der Waals surface area contributed by atoms with E-state index in [0.29, 0.717) is 50.3 Å². The first kappa shape index (κ1) is 38.6. The number of imide groups is 2. The minimum Gasteiger partial charge on any atom is -0.508 e. The molecule has 2 saturated heterocycles. The molecule has 7 aromatic rings. The lowest BCUT2D eigenvalue weighted by atomic mass is 9.49. The number of hydrogen-bond acceptors (Lipinski definition) is 8. The van der Waals surface area contributed by atoms with E-state index in [9.17, 15) is 14.7 Å². The van der Waals surface area contributed by atoms with Crippen molar-refractivity contribution in [1.82, 2.24) is 4.98 Å². The number of aromatic hydroxyl groups is 1. The van der Waals surface area contributed by atoms with Gasteiger partial charge in [-0.1, -0.05) is 108 Å². The fourth-order valence-corrected chi connectivity index (χ4v) is 10.9. The smallest absolute Gasteiger partial charge is 0.246 e. The van der Waals surface area contributed by atoms with Gasteiger partial charge in [-0.2, -0.15) is 0 Å². The van der Waals surface area contributed by atoms with Gasteiger partial charge in [0.15, 0.2) is 5.58 Å². The van der Waals surface area contributed by atoms with Gasteiger partial charge >= 0.3 is 0 Å². The van der Waals surface area contributed by atoms with E-state index in [2.05, 4.69) is 4.98 Å². The van der Waals surface area contributed by atoms with Gasteiger partial charge < -0.3 is 14.3 Å². The van der Waals surface area contributed by atoms with Crippen LogP contribution in [0, 0.1) is 23.7 Å². The molecule has 63 heavy (non-hydrogen) atoms. The minimum absolute atomic E-state index is 0.114. The monoisotopic (exact) mass is 851 g/mol. The highest BCUT2D eigenvalue weighted by atomic mass is 35.5. The zero-order chi connectivity index (χ0) is 43.0. The molecular weight excluding hydrogens is 814 g/mol. The fourth-order valence-electron chi connectivity index (χ4n) is 10.7. The van der Waals surface area contributed by atoms with Crippen molar-refractivity contribution in [3.63, 3.8) is 0 Å². The van der Waals surface area contributed by atoms with Crippen LogP contribution in [0.25, 0.3) is 22.6 Å². The summed E-state index contributed by atoms with van der Waals surface area (Å²) in [5.41, 5.74) is 3.92. The number of para-hydroxylation sites is 2. The van der Waals surface area contributed by atoms with E-state index < -0.39 is 46.8 Å². The van der Waals surface area contributed by atoms with Crippen molar-refractivity contribution < 1.29 is 33.4 Å². The lowest BCUT2D eigenvalue weighted by Crippen LogP contribution is -2.53. The molecule has 0 bridgehead atoms. The molecule has 6 atom stereocenters. The number of phenolic OH excluding ortho intramolecular Hbond substituents is 1. The van der Waals surface area contributed by atoms with Crippen LogP contribution < -0.4 is 14.5 Å². The summed E-state index contributed by atoms with van der Waals surface area (Å²) < 4.78 is 12.1. The van der Waals surface area contributed by atoms with Crippen molar-refractivity contribution in [2.24, 2.45) is 23.7 Å². The number of anilines is 2. The number of fused-ring (bicyclic) bond motifs is 5. The van der Waals surface area contributed by atoms with E-state index in [4.69, 9.17) is 20.8 Å². The molecule has 3 fully saturated rings. The van der Waals surface area contributed by atoms with Crippen LogP contribution in [0.3, 0.4) is 0 Å². The lowest BCUT2D eigenvalue weighted by Gasteiger charge is -2.50. The number of rotatable bonds is 8. The molecule has 1 N–H and O–H groups in total. The average Bonchev–Trinajstić information content (AvgIpc) is 3.93. The summed E-state index contributed by atoms with van der Waals surface area (Å²) in [6.45, 7) is 0.267. The largest absolute Gasteiger partial charge is 0.508 e. The number of hydrogen-bond donors (Lipinski definition) is 1. The standard InChI is InChI=1S/C52H38ClN3O7/c53-33-14-9-15-35(26-33)56-49(59)41-28-40-37(24-25-39-45(40)50(60)55(48(39)58)34-20-18-31(19-21-34)47-54-42-16-7-8-17-44(42)63-47)46(52(41,51(56)61)32-12-5-2-6-13-32)38-23-22-36(27-43(38)57)62-29-30-10-3-1-4-11-30/h1-24,26-27,39-41,45-46,57H,25,28-29H2. The predicted octanol–water partition coefficient (Wildman–Crippen LogP) is 9.80. The van der Waals surface area contributed by atoms with Gasteiger partial charge in [-0.25, -0.2) is 9.88 Å².